The average Bonchev–Trinajstić information content (AvgIpc) is 2.58. The molecule has 0 aliphatic rings. The van der Waals surface area contributed by atoms with Crippen molar-refractivity contribution in [3.63, 3.8) is 0 Å². The Labute approximate surface area is 73.9 Å². The first-order chi connectivity index (χ1) is 5.86. The van der Waals surface area contributed by atoms with Gasteiger partial charge in [-0.15, -0.1) is 0 Å². The topological polar surface area (TPSA) is 43.6 Å². The van der Waals surface area contributed by atoms with Gasteiger partial charge < -0.3 is 4.57 Å². The molecule has 0 spiro atoms. The van der Waals surface area contributed by atoms with E-state index in [4.69, 9.17) is 11.6 Å². The van der Waals surface area contributed by atoms with Gasteiger partial charge in [0, 0.05) is 12.4 Å². The van der Waals surface area contributed by atoms with E-state index in [0.29, 0.717) is 0 Å². The molecule has 60 valence electrons. The number of nitrogens with zero attached hydrogens (tertiary/aromatic N) is 4. The van der Waals surface area contributed by atoms with E-state index in [0.717, 1.165) is 5.69 Å². The van der Waals surface area contributed by atoms with Crippen LogP contribution in [0.1, 0.15) is 0 Å². The molecular formula is C7H5ClN4. The lowest BCUT2D eigenvalue weighted by molar-refractivity contribution is 1.01. The lowest BCUT2D eigenvalue weighted by atomic mass is 10.5. The van der Waals surface area contributed by atoms with Crippen molar-refractivity contribution in [1.29, 1.82) is 0 Å². The predicted molar refractivity (Wildman–Crippen MR) is 44.2 cm³/mol. The molecule has 0 amide bonds. The maximum absolute atomic E-state index is 5.53. The number of hydrogen-bond donors (Lipinski definition) is 0. The van der Waals surface area contributed by atoms with E-state index in [2.05, 4.69) is 15.0 Å². The maximum Gasteiger partial charge on any atom is 0.222 e. The van der Waals surface area contributed by atoms with E-state index < -0.39 is 0 Å². The summed E-state index contributed by atoms with van der Waals surface area (Å²) in [4.78, 5) is 11.6. The largest absolute Gasteiger partial charge is 0.303 e. The fraction of sp³-hybridized carbons (Fsp3) is 0. The van der Waals surface area contributed by atoms with Crippen LogP contribution in [-0.4, -0.2) is 19.5 Å². The monoisotopic (exact) mass is 180 g/mol. The average molecular weight is 181 g/mol. The highest BCUT2D eigenvalue weighted by molar-refractivity contribution is 6.28. The second kappa shape index (κ2) is 2.91. The quantitative estimate of drug-likeness (QED) is 0.622. The first kappa shape index (κ1) is 7.24. The fourth-order valence-electron chi connectivity index (χ4n) is 0.851. The van der Waals surface area contributed by atoms with Crippen molar-refractivity contribution in [3.05, 3.63) is 36.4 Å². The van der Waals surface area contributed by atoms with E-state index in [1.165, 1.54) is 0 Å². The zero-order valence-electron chi connectivity index (χ0n) is 6.05. The molecule has 0 aliphatic carbocycles. The summed E-state index contributed by atoms with van der Waals surface area (Å²) < 4.78 is 1.80. The van der Waals surface area contributed by atoms with Crippen molar-refractivity contribution >= 4 is 11.6 Å². The third-order valence-electron chi connectivity index (χ3n) is 1.41. The van der Waals surface area contributed by atoms with Crippen molar-refractivity contribution in [1.82, 2.24) is 19.5 Å². The SMILES string of the molecule is Clc1ncc(-n2ccnc2)cn1. The molecule has 12 heavy (non-hydrogen) atoms. The van der Waals surface area contributed by atoms with Gasteiger partial charge in [0.15, 0.2) is 0 Å². The second-order valence-electron chi connectivity index (χ2n) is 2.18. The Hall–Kier alpha value is -1.42. The Kier molecular flexibility index (Phi) is 1.75. The van der Waals surface area contributed by atoms with Gasteiger partial charge in [0.25, 0.3) is 0 Å². The summed E-state index contributed by atoms with van der Waals surface area (Å²) in [5.74, 6) is 0. The standard InChI is InChI=1S/C7H5ClN4/c8-7-10-3-6(4-11-7)12-2-1-9-5-12/h1-5H. The molecule has 0 saturated heterocycles. The van der Waals surface area contributed by atoms with Crippen LogP contribution in [0.25, 0.3) is 5.69 Å². The summed E-state index contributed by atoms with van der Waals surface area (Å²) >= 11 is 5.53. The van der Waals surface area contributed by atoms with Gasteiger partial charge in [-0.3, -0.25) is 0 Å². The Balaban J connectivity index is 2.43. The summed E-state index contributed by atoms with van der Waals surface area (Å²) in [7, 11) is 0. The zero-order chi connectivity index (χ0) is 8.39. The van der Waals surface area contributed by atoms with Gasteiger partial charge >= 0.3 is 0 Å². The summed E-state index contributed by atoms with van der Waals surface area (Å²) in [6.07, 6.45) is 8.45. The molecule has 0 aromatic carbocycles. The molecule has 4 nitrogen and oxygen atoms in total. The third kappa shape index (κ3) is 1.29. The van der Waals surface area contributed by atoms with E-state index in [-0.39, 0.29) is 5.28 Å². The molecule has 0 radical (unpaired) electrons. The van der Waals surface area contributed by atoms with Crippen LogP contribution in [0.2, 0.25) is 5.28 Å². The molecule has 2 aromatic heterocycles. The third-order valence-corrected chi connectivity index (χ3v) is 1.60. The van der Waals surface area contributed by atoms with E-state index >= 15 is 0 Å². The van der Waals surface area contributed by atoms with Crippen molar-refractivity contribution in [2.75, 3.05) is 0 Å². The highest BCUT2D eigenvalue weighted by Gasteiger charge is 1.95. The van der Waals surface area contributed by atoms with Crippen molar-refractivity contribution < 1.29 is 0 Å². The van der Waals surface area contributed by atoms with Crippen LogP contribution >= 0.6 is 11.6 Å². The van der Waals surface area contributed by atoms with Crippen LogP contribution in [0.4, 0.5) is 0 Å². The number of hydrogen-bond acceptors (Lipinski definition) is 3. The van der Waals surface area contributed by atoms with Crippen LogP contribution in [-0.2, 0) is 0 Å². The second-order valence-corrected chi connectivity index (χ2v) is 2.52. The van der Waals surface area contributed by atoms with Gasteiger partial charge in [-0.2, -0.15) is 0 Å². The minimum atomic E-state index is 0.249. The summed E-state index contributed by atoms with van der Waals surface area (Å²) in [6.45, 7) is 0. The molecule has 2 heterocycles. The predicted octanol–water partition coefficient (Wildman–Crippen LogP) is 1.32. The smallest absolute Gasteiger partial charge is 0.222 e. The van der Waals surface area contributed by atoms with E-state index in [9.17, 15) is 0 Å². The highest BCUT2D eigenvalue weighted by atomic mass is 35.5. The van der Waals surface area contributed by atoms with Crippen molar-refractivity contribution in [2.45, 2.75) is 0 Å². The molecule has 0 bridgehead atoms. The Morgan fingerprint density at radius 1 is 1.25 bits per heavy atom. The maximum atomic E-state index is 5.53. The van der Waals surface area contributed by atoms with Crippen molar-refractivity contribution in [2.24, 2.45) is 0 Å². The van der Waals surface area contributed by atoms with E-state index in [1.807, 2.05) is 6.20 Å². The molecule has 5 heteroatoms. The number of halogens is 1. The van der Waals surface area contributed by atoms with Crippen LogP contribution < -0.4 is 0 Å². The summed E-state index contributed by atoms with van der Waals surface area (Å²) in [6, 6.07) is 0. The summed E-state index contributed by atoms with van der Waals surface area (Å²) in [5, 5.41) is 0.249. The normalized spacial score (nSPS) is 10.1. The number of aromatic nitrogens is 4. The van der Waals surface area contributed by atoms with Gasteiger partial charge in [0.2, 0.25) is 5.28 Å². The van der Waals surface area contributed by atoms with Crippen molar-refractivity contribution in [3.8, 4) is 5.69 Å². The molecule has 0 fully saturated rings. The molecule has 2 aromatic rings. The molecule has 0 atom stereocenters. The molecule has 0 aliphatic heterocycles. The number of imidazole rings is 1. The summed E-state index contributed by atoms with van der Waals surface area (Å²) in [5.41, 5.74) is 0.844. The molecule has 0 N–H and O–H groups in total. The van der Waals surface area contributed by atoms with E-state index in [1.54, 1.807) is 29.5 Å². The van der Waals surface area contributed by atoms with Gasteiger partial charge in [0.1, 0.15) is 0 Å². The zero-order valence-corrected chi connectivity index (χ0v) is 6.81. The van der Waals surface area contributed by atoms with Gasteiger partial charge in [-0.05, 0) is 11.6 Å². The Morgan fingerprint density at radius 2 is 2.00 bits per heavy atom. The minimum Gasteiger partial charge on any atom is -0.303 e. The lowest BCUT2D eigenvalue weighted by Crippen LogP contribution is -1.92. The molecular weight excluding hydrogens is 176 g/mol. The van der Waals surface area contributed by atoms with Crippen LogP contribution in [0.15, 0.2) is 31.1 Å². The van der Waals surface area contributed by atoms with Crippen LogP contribution in [0, 0.1) is 0 Å². The van der Waals surface area contributed by atoms with Gasteiger partial charge in [-0.25, -0.2) is 15.0 Å². The first-order valence-corrected chi connectivity index (χ1v) is 3.70. The first-order valence-electron chi connectivity index (χ1n) is 3.32. The molecule has 2 rings (SSSR count). The highest BCUT2D eigenvalue weighted by Crippen LogP contribution is 2.05. The Bertz CT molecular complexity index is 353. The lowest BCUT2D eigenvalue weighted by Gasteiger charge is -1.98. The minimum absolute atomic E-state index is 0.249. The van der Waals surface area contributed by atoms with Gasteiger partial charge in [-0.1, -0.05) is 0 Å². The fourth-order valence-corrected chi connectivity index (χ4v) is 0.948. The van der Waals surface area contributed by atoms with Crippen LogP contribution in [0.3, 0.4) is 0 Å². The van der Waals surface area contributed by atoms with Crippen LogP contribution in [0.5, 0.6) is 0 Å². The number of rotatable bonds is 1. The molecule has 0 saturated carbocycles. The Morgan fingerprint density at radius 3 is 2.58 bits per heavy atom. The van der Waals surface area contributed by atoms with Gasteiger partial charge in [0.05, 0.1) is 24.4 Å². The molecule has 0 unspecified atom stereocenters.